The molecule has 0 aliphatic carbocycles. The Kier molecular flexibility index (Phi) is 7.87. The molecule has 0 spiro atoms. The van der Waals surface area contributed by atoms with Gasteiger partial charge in [-0.25, -0.2) is 4.79 Å². The van der Waals surface area contributed by atoms with Gasteiger partial charge >= 0.3 is 5.97 Å². The number of nitriles is 1. The summed E-state index contributed by atoms with van der Waals surface area (Å²) in [6.45, 7) is 3.45. The second kappa shape index (κ2) is 10.1. The van der Waals surface area contributed by atoms with Crippen LogP contribution in [0.2, 0.25) is 0 Å². The van der Waals surface area contributed by atoms with Gasteiger partial charge in [0, 0.05) is 12.3 Å². The maximum absolute atomic E-state index is 11.5. The van der Waals surface area contributed by atoms with Crippen molar-refractivity contribution in [3.05, 3.63) is 74.0 Å². The molecular weight excluding hydrogens is 356 g/mol. The van der Waals surface area contributed by atoms with Crippen LogP contribution in [0.4, 0.5) is 17.1 Å². The summed E-state index contributed by atoms with van der Waals surface area (Å²) in [7, 11) is 0. The average molecular weight is 372 g/mol. The van der Waals surface area contributed by atoms with E-state index in [2.05, 4.69) is 5.32 Å². The van der Waals surface area contributed by atoms with Crippen molar-refractivity contribution in [2.75, 3.05) is 11.9 Å². The monoisotopic (exact) mass is 372 g/mol. The van der Waals surface area contributed by atoms with Crippen LogP contribution in [0.1, 0.15) is 13.8 Å². The zero-order valence-corrected chi connectivity index (χ0v) is 14.5. The fourth-order valence-electron chi connectivity index (χ4n) is 1.80. The average Bonchev–Trinajstić information content (AvgIpc) is 2.63. The number of esters is 1. The van der Waals surface area contributed by atoms with Crippen LogP contribution in [-0.4, -0.2) is 22.4 Å². The summed E-state index contributed by atoms with van der Waals surface area (Å²) in [6, 6.07) is 4.97. The summed E-state index contributed by atoms with van der Waals surface area (Å²) < 4.78 is 4.72. The molecule has 0 amide bonds. The fraction of sp³-hybridized carbons (Fsp3) is 0.176. The lowest BCUT2D eigenvalue weighted by atomic mass is 10.2. The molecule has 0 aliphatic rings. The number of anilines is 1. The summed E-state index contributed by atoms with van der Waals surface area (Å²) in [5.41, 5.74) is -0.301. The fourth-order valence-corrected chi connectivity index (χ4v) is 1.80. The number of carbonyl (C=O) groups excluding carboxylic acids is 1. The number of nitro groups is 2. The minimum Gasteiger partial charge on any atom is -0.462 e. The maximum Gasteiger partial charge on any atom is 0.348 e. The minimum atomic E-state index is -0.731. The number of nitrogens with zero attached hydrogens (tertiary/aromatic N) is 3. The SMILES string of the molecule is CCOC(=O)/C(C#N)=C/C=C/C(C)=C/Nc1ccc([N+](=O)[O-])cc1[N+](=O)[O-]. The first kappa shape index (κ1) is 21.0. The molecule has 0 radical (unpaired) electrons. The van der Waals surface area contributed by atoms with E-state index in [4.69, 9.17) is 10.00 Å². The first-order chi connectivity index (χ1) is 12.8. The van der Waals surface area contributed by atoms with E-state index >= 15 is 0 Å². The van der Waals surface area contributed by atoms with Crippen LogP contribution in [-0.2, 0) is 9.53 Å². The highest BCUT2D eigenvalue weighted by Gasteiger charge is 2.18. The smallest absolute Gasteiger partial charge is 0.348 e. The molecule has 0 heterocycles. The molecule has 1 aromatic rings. The molecule has 0 saturated carbocycles. The number of carbonyl (C=O) groups is 1. The number of nitro benzene ring substituents is 2. The molecule has 10 heteroatoms. The third-order valence-electron chi connectivity index (χ3n) is 3.08. The third kappa shape index (κ3) is 6.43. The number of rotatable bonds is 8. The Balaban J connectivity index is 2.94. The topological polar surface area (TPSA) is 148 Å². The van der Waals surface area contributed by atoms with Gasteiger partial charge in [0.25, 0.3) is 11.4 Å². The van der Waals surface area contributed by atoms with Crippen LogP contribution >= 0.6 is 0 Å². The number of hydrogen-bond acceptors (Lipinski definition) is 8. The van der Waals surface area contributed by atoms with Gasteiger partial charge in [0.05, 0.1) is 22.5 Å². The molecule has 0 saturated heterocycles. The molecule has 0 unspecified atom stereocenters. The molecule has 1 aromatic carbocycles. The number of benzene rings is 1. The van der Waals surface area contributed by atoms with E-state index in [0.29, 0.717) is 5.57 Å². The highest BCUT2D eigenvalue weighted by atomic mass is 16.6. The summed E-state index contributed by atoms with van der Waals surface area (Å²) in [6.07, 6.45) is 5.73. The van der Waals surface area contributed by atoms with E-state index in [1.54, 1.807) is 26.0 Å². The van der Waals surface area contributed by atoms with E-state index < -0.39 is 21.5 Å². The van der Waals surface area contributed by atoms with Crippen LogP contribution in [0.25, 0.3) is 0 Å². The molecule has 0 aliphatic heterocycles. The van der Waals surface area contributed by atoms with E-state index in [1.807, 2.05) is 0 Å². The number of non-ortho nitro benzene ring substituents is 1. The lowest BCUT2D eigenvalue weighted by Crippen LogP contribution is -2.05. The van der Waals surface area contributed by atoms with Crippen molar-refractivity contribution in [2.24, 2.45) is 0 Å². The zero-order valence-electron chi connectivity index (χ0n) is 14.5. The van der Waals surface area contributed by atoms with E-state index in [9.17, 15) is 25.0 Å². The van der Waals surface area contributed by atoms with Gasteiger partial charge < -0.3 is 10.1 Å². The lowest BCUT2D eigenvalue weighted by Gasteiger charge is -2.03. The van der Waals surface area contributed by atoms with Crippen LogP contribution < -0.4 is 5.32 Å². The molecule has 1 rings (SSSR count). The predicted molar refractivity (Wildman–Crippen MR) is 96.6 cm³/mol. The van der Waals surface area contributed by atoms with Gasteiger partial charge in [-0.15, -0.1) is 0 Å². The second-order valence-electron chi connectivity index (χ2n) is 5.02. The Bertz CT molecular complexity index is 880. The molecule has 140 valence electrons. The Labute approximate surface area is 154 Å². The first-order valence-corrected chi connectivity index (χ1v) is 7.61. The van der Waals surface area contributed by atoms with Crippen LogP contribution in [0.5, 0.6) is 0 Å². The quantitative estimate of drug-likeness (QED) is 0.182. The maximum atomic E-state index is 11.5. The van der Waals surface area contributed by atoms with Crippen LogP contribution in [0, 0.1) is 31.6 Å². The van der Waals surface area contributed by atoms with Crippen molar-refractivity contribution in [3.8, 4) is 6.07 Å². The summed E-state index contributed by atoms with van der Waals surface area (Å²) >= 11 is 0. The van der Waals surface area contributed by atoms with Crippen LogP contribution in [0.15, 0.2) is 53.8 Å². The minimum absolute atomic E-state index is 0.0816. The highest BCUT2D eigenvalue weighted by molar-refractivity contribution is 5.93. The molecule has 0 aromatic heterocycles. The molecule has 10 nitrogen and oxygen atoms in total. The molecular formula is C17H16N4O6. The van der Waals surface area contributed by atoms with Gasteiger partial charge in [0.15, 0.2) is 0 Å². The van der Waals surface area contributed by atoms with Gasteiger partial charge in [-0.05, 0) is 31.6 Å². The van der Waals surface area contributed by atoms with Crippen LogP contribution in [0.3, 0.4) is 0 Å². The number of hydrogen-bond donors (Lipinski definition) is 1. The number of nitrogens with one attached hydrogen (secondary N) is 1. The van der Waals surface area contributed by atoms with Crippen molar-refractivity contribution >= 4 is 23.0 Å². The van der Waals surface area contributed by atoms with Crippen molar-refractivity contribution in [1.29, 1.82) is 5.26 Å². The normalized spacial score (nSPS) is 11.7. The summed E-state index contributed by atoms with van der Waals surface area (Å²) in [5, 5.41) is 33.4. The molecule has 27 heavy (non-hydrogen) atoms. The van der Waals surface area contributed by atoms with Gasteiger partial charge in [0.1, 0.15) is 17.3 Å². The van der Waals surface area contributed by atoms with Gasteiger partial charge in [-0.1, -0.05) is 12.2 Å². The Morgan fingerprint density at radius 3 is 2.59 bits per heavy atom. The van der Waals surface area contributed by atoms with Gasteiger partial charge in [-0.3, -0.25) is 20.2 Å². The van der Waals surface area contributed by atoms with Gasteiger partial charge in [-0.2, -0.15) is 5.26 Å². The lowest BCUT2D eigenvalue weighted by molar-refractivity contribution is -0.393. The Morgan fingerprint density at radius 1 is 1.33 bits per heavy atom. The van der Waals surface area contributed by atoms with Crippen molar-refractivity contribution in [2.45, 2.75) is 13.8 Å². The van der Waals surface area contributed by atoms with E-state index in [-0.39, 0.29) is 23.6 Å². The van der Waals surface area contributed by atoms with Crippen molar-refractivity contribution in [1.82, 2.24) is 0 Å². The molecule has 0 bridgehead atoms. The van der Waals surface area contributed by atoms with Crippen molar-refractivity contribution < 1.29 is 19.4 Å². The second-order valence-corrected chi connectivity index (χ2v) is 5.02. The summed E-state index contributed by atoms with van der Waals surface area (Å²) in [5.74, 6) is -0.731. The van der Waals surface area contributed by atoms with Gasteiger partial charge in [0.2, 0.25) is 0 Å². The summed E-state index contributed by atoms with van der Waals surface area (Å²) in [4.78, 5) is 31.8. The Morgan fingerprint density at radius 2 is 2.04 bits per heavy atom. The molecule has 1 N–H and O–H groups in total. The molecule has 0 atom stereocenters. The van der Waals surface area contributed by atoms with E-state index in [0.717, 1.165) is 12.1 Å². The standard InChI is InChI=1S/C17H16N4O6/c1-3-27-17(22)13(10-18)6-4-5-12(2)11-19-15-8-7-14(20(23)24)9-16(15)21(25)26/h4-9,11,19H,3H2,1-2H3/b5-4+,12-11+,13-6+. The first-order valence-electron chi connectivity index (χ1n) is 7.61. The highest BCUT2D eigenvalue weighted by Crippen LogP contribution is 2.29. The number of allylic oxidation sites excluding steroid dienone is 4. The third-order valence-corrected chi connectivity index (χ3v) is 3.08. The van der Waals surface area contributed by atoms with Crippen molar-refractivity contribution in [3.63, 3.8) is 0 Å². The van der Waals surface area contributed by atoms with E-state index in [1.165, 1.54) is 24.4 Å². The molecule has 0 fully saturated rings. The Hall–Kier alpha value is -4.00. The predicted octanol–water partition coefficient (Wildman–Crippen LogP) is 3.39. The number of ether oxygens (including phenoxy) is 1. The zero-order chi connectivity index (χ0) is 20.4. The largest absolute Gasteiger partial charge is 0.462 e.